The second kappa shape index (κ2) is 9.50. The molecule has 22 heavy (non-hydrogen) atoms. The van der Waals surface area contributed by atoms with Gasteiger partial charge >= 0.3 is 0 Å². The van der Waals surface area contributed by atoms with Crippen molar-refractivity contribution in [3.63, 3.8) is 0 Å². The Hall–Kier alpha value is -1.50. The summed E-state index contributed by atoms with van der Waals surface area (Å²) in [7, 11) is 1.78. The molecule has 0 aliphatic heterocycles. The molecule has 0 N–H and O–H groups in total. The maximum absolute atomic E-state index is 5.58. The highest BCUT2D eigenvalue weighted by molar-refractivity contribution is 5.87. The van der Waals surface area contributed by atoms with E-state index >= 15 is 0 Å². The minimum absolute atomic E-state index is 1.04. The molecule has 0 atom stereocenters. The molecule has 0 amide bonds. The number of rotatable bonds is 10. The van der Waals surface area contributed by atoms with Crippen LogP contribution in [0.1, 0.15) is 63.9 Å². The molecule has 0 fully saturated rings. The Morgan fingerprint density at radius 1 is 0.773 bits per heavy atom. The molecule has 1 nitrogen and oxygen atoms in total. The number of fused-ring (bicyclic) bond motifs is 1. The second-order valence-corrected chi connectivity index (χ2v) is 6.19. The van der Waals surface area contributed by atoms with E-state index in [1.165, 1.54) is 67.7 Å². The maximum atomic E-state index is 5.58. The molecule has 0 saturated heterocycles. The Morgan fingerprint density at radius 2 is 1.45 bits per heavy atom. The van der Waals surface area contributed by atoms with Crippen LogP contribution in [0.3, 0.4) is 0 Å². The monoisotopic (exact) mass is 298 g/mol. The first-order chi connectivity index (χ1) is 10.9. The van der Waals surface area contributed by atoms with Crippen LogP contribution in [-0.4, -0.2) is 7.11 Å². The molecule has 2 aromatic carbocycles. The Morgan fingerprint density at radius 3 is 2.18 bits per heavy atom. The van der Waals surface area contributed by atoms with Crippen molar-refractivity contribution in [2.24, 2.45) is 0 Å². The van der Waals surface area contributed by atoms with Gasteiger partial charge in [-0.3, -0.25) is 0 Å². The van der Waals surface area contributed by atoms with Crippen molar-refractivity contribution in [2.45, 2.75) is 64.7 Å². The zero-order valence-electron chi connectivity index (χ0n) is 14.2. The fourth-order valence-electron chi connectivity index (χ4n) is 3.20. The summed E-state index contributed by atoms with van der Waals surface area (Å²) in [5, 5.41) is 2.67. The van der Waals surface area contributed by atoms with Crippen LogP contribution >= 0.6 is 0 Å². The summed E-state index contributed by atoms with van der Waals surface area (Å²) in [5.74, 6) is 1.04. The largest absolute Gasteiger partial charge is 0.496 e. The van der Waals surface area contributed by atoms with E-state index < -0.39 is 0 Å². The van der Waals surface area contributed by atoms with Crippen LogP contribution in [-0.2, 0) is 6.42 Å². The molecule has 0 aliphatic rings. The number of hydrogen-bond acceptors (Lipinski definition) is 1. The molecule has 0 heterocycles. The quantitative estimate of drug-likeness (QED) is 0.453. The van der Waals surface area contributed by atoms with E-state index in [0.29, 0.717) is 0 Å². The lowest BCUT2D eigenvalue weighted by Crippen LogP contribution is -1.94. The molecular weight excluding hydrogens is 268 g/mol. The van der Waals surface area contributed by atoms with Crippen molar-refractivity contribution < 1.29 is 4.74 Å². The summed E-state index contributed by atoms with van der Waals surface area (Å²) in [6, 6.07) is 12.9. The lowest BCUT2D eigenvalue weighted by Gasteiger charge is -2.12. The highest BCUT2D eigenvalue weighted by atomic mass is 16.5. The molecule has 0 unspecified atom stereocenters. The van der Waals surface area contributed by atoms with Gasteiger partial charge in [-0.15, -0.1) is 0 Å². The third kappa shape index (κ3) is 4.76. The average molecular weight is 298 g/mol. The molecule has 0 aliphatic carbocycles. The van der Waals surface area contributed by atoms with Crippen LogP contribution in [0, 0.1) is 0 Å². The predicted octanol–water partition coefficient (Wildman–Crippen LogP) is 6.53. The number of hydrogen-bond donors (Lipinski definition) is 0. The van der Waals surface area contributed by atoms with Gasteiger partial charge in [0.15, 0.2) is 0 Å². The van der Waals surface area contributed by atoms with Gasteiger partial charge in [0.25, 0.3) is 0 Å². The third-order valence-corrected chi connectivity index (χ3v) is 4.50. The molecule has 2 aromatic rings. The highest BCUT2D eigenvalue weighted by Gasteiger charge is 2.07. The number of aryl methyl sites for hydroxylation is 1. The van der Waals surface area contributed by atoms with Crippen LogP contribution in [0.25, 0.3) is 10.8 Å². The van der Waals surface area contributed by atoms with Crippen LogP contribution in [0.4, 0.5) is 0 Å². The van der Waals surface area contributed by atoms with Crippen molar-refractivity contribution in [3.8, 4) is 5.75 Å². The predicted molar refractivity (Wildman–Crippen MR) is 96.8 cm³/mol. The van der Waals surface area contributed by atoms with E-state index in [2.05, 4.69) is 43.3 Å². The number of unbranched alkanes of at least 4 members (excludes halogenated alkanes) is 7. The Labute approximate surface area is 135 Å². The zero-order chi connectivity index (χ0) is 15.6. The molecular formula is C21H30O. The van der Waals surface area contributed by atoms with E-state index in [0.717, 1.165) is 12.2 Å². The van der Waals surface area contributed by atoms with Gasteiger partial charge in [-0.05, 0) is 29.7 Å². The molecule has 0 aromatic heterocycles. The number of ether oxygens (including phenoxy) is 1. The smallest absolute Gasteiger partial charge is 0.122 e. The lowest BCUT2D eigenvalue weighted by molar-refractivity contribution is 0.409. The standard InChI is InChI=1S/C21H30O/c1-3-4-5-6-7-8-9-10-15-20-19-14-12-11-13-18(19)16-17-21(20)22-2/h11-14,16-17H,3-10,15H2,1-2H3. The van der Waals surface area contributed by atoms with Crippen LogP contribution in [0.5, 0.6) is 5.75 Å². The fraction of sp³-hybridized carbons (Fsp3) is 0.524. The number of benzene rings is 2. The molecule has 0 radical (unpaired) electrons. The first kappa shape index (κ1) is 16.9. The molecule has 2 rings (SSSR count). The van der Waals surface area contributed by atoms with Gasteiger partial charge in [0.2, 0.25) is 0 Å². The van der Waals surface area contributed by atoms with Crippen LogP contribution in [0.15, 0.2) is 36.4 Å². The summed E-state index contributed by atoms with van der Waals surface area (Å²) >= 11 is 0. The third-order valence-electron chi connectivity index (χ3n) is 4.50. The van der Waals surface area contributed by atoms with E-state index in [1.54, 1.807) is 7.11 Å². The van der Waals surface area contributed by atoms with Crippen molar-refractivity contribution in [1.29, 1.82) is 0 Å². The lowest BCUT2D eigenvalue weighted by atomic mass is 9.98. The minimum atomic E-state index is 1.04. The van der Waals surface area contributed by atoms with Crippen molar-refractivity contribution in [2.75, 3.05) is 7.11 Å². The zero-order valence-corrected chi connectivity index (χ0v) is 14.2. The summed E-state index contributed by atoms with van der Waals surface area (Å²) in [6.45, 7) is 2.28. The molecule has 0 saturated carbocycles. The van der Waals surface area contributed by atoms with Gasteiger partial charge < -0.3 is 4.74 Å². The summed E-state index contributed by atoms with van der Waals surface area (Å²) in [6.07, 6.45) is 12.0. The van der Waals surface area contributed by atoms with Crippen molar-refractivity contribution in [3.05, 3.63) is 42.0 Å². The van der Waals surface area contributed by atoms with Crippen LogP contribution in [0.2, 0.25) is 0 Å². The normalized spacial score (nSPS) is 11.0. The fourth-order valence-corrected chi connectivity index (χ4v) is 3.20. The first-order valence-electron chi connectivity index (χ1n) is 8.91. The second-order valence-electron chi connectivity index (χ2n) is 6.19. The van der Waals surface area contributed by atoms with Gasteiger partial charge in [-0.25, -0.2) is 0 Å². The van der Waals surface area contributed by atoms with E-state index in [4.69, 9.17) is 4.74 Å². The van der Waals surface area contributed by atoms with E-state index in [1.807, 2.05) is 0 Å². The molecule has 0 bridgehead atoms. The summed E-state index contributed by atoms with van der Waals surface area (Å²) in [4.78, 5) is 0. The minimum Gasteiger partial charge on any atom is -0.496 e. The van der Waals surface area contributed by atoms with Gasteiger partial charge in [0.1, 0.15) is 5.75 Å². The summed E-state index contributed by atoms with van der Waals surface area (Å²) in [5.41, 5.74) is 1.38. The molecule has 0 spiro atoms. The van der Waals surface area contributed by atoms with E-state index in [9.17, 15) is 0 Å². The van der Waals surface area contributed by atoms with Crippen LogP contribution < -0.4 is 4.74 Å². The topological polar surface area (TPSA) is 9.23 Å². The Kier molecular flexibility index (Phi) is 7.28. The Balaban J connectivity index is 1.85. The first-order valence-corrected chi connectivity index (χ1v) is 8.91. The highest BCUT2D eigenvalue weighted by Crippen LogP contribution is 2.29. The number of methoxy groups -OCH3 is 1. The SMILES string of the molecule is CCCCCCCCCCc1c(OC)ccc2ccccc12. The van der Waals surface area contributed by atoms with E-state index in [-0.39, 0.29) is 0 Å². The average Bonchev–Trinajstić information content (AvgIpc) is 2.57. The van der Waals surface area contributed by atoms with Gasteiger partial charge in [-0.2, -0.15) is 0 Å². The maximum Gasteiger partial charge on any atom is 0.122 e. The van der Waals surface area contributed by atoms with Gasteiger partial charge in [-0.1, -0.05) is 82.2 Å². The van der Waals surface area contributed by atoms with Gasteiger partial charge in [0, 0.05) is 5.56 Å². The Bertz CT molecular complexity index is 559. The van der Waals surface area contributed by atoms with Crippen molar-refractivity contribution >= 4 is 10.8 Å². The summed E-state index contributed by atoms with van der Waals surface area (Å²) < 4.78 is 5.58. The molecule has 1 heteroatoms. The van der Waals surface area contributed by atoms with Crippen molar-refractivity contribution in [1.82, 2.24) is 0 Å². The molecule has 120 valence electrons. The van der Waals surface area contributed by atoms with Gasteiger partial charge in [0.05, 0.1) is 7.11 Å².